The van der Waals surface area contributed by atoms with Gasteiger partial charge in [0.15, 0.2) is 0 Å². The minimum Gasteiger partial charge on any atom is -0.508 e. The van der Waals surface area contributed by atoms with Crippen LogP contribution in [0.3, 0.4) is 0 Å². The van der Waals surface area contributed by atoms with Crippen molar-refractivity contribution in [3.63, 3.8) is 0 Å². The van der Waals surface area contributed by atoms with E-state index in [-0.39, 0.29) is 5.75 Å². The number of nitrogens with zero attached hydrogens (tertiary/aromatic N) is 1. The Morgan fingerprint density at radius 1 is 1.59 bits per heavy atom. The maximum atomic E-state index is 11.3. The number of phenols is 1. The molecule has 1 aliphatic heterocycles. The van der Waals surface area contributed by atoms with E-state index in [9.17, 15) is 14.7 Å². The number of hydrogen-bond acceptors (Lipinski definition) is 4. The molecule has 1 heterocycles. The molecule has 0 radical (unpaired) electrons. The molecule has 6 nitrogen and oxygen atoms in total. The Labute approximate surface area is 97.1 Å². The highest BCUT2D eigenvalue weighted by molar-refractivity contribution is 5.99. The molecule has 2 amide bonds. The summed E-state index contributed by atoms with van der Waals surface area (Å²) in [6, 6.07) is 5.67. The average Bonchev–Trinajstić information content (AvgIpc) is 2.27. The Kier molecular flexibility index (Phi) is 2.70. The number of rotatable bonds is 3. The van der Waals surface area contributed by atoms with Crippen molar-refractivity contribution in [3.8, 4) is 5.75 Å². The van der Waals surface area contributed by atoms with E-state index < -0.39 is 18.4 Å². The maximum absolute atomic E-state index is 11.3. The molecule has 0 saturated carbocycles. The van der Waals surface area contributed by atoms with Crippen molar-refractivity contribution in [3.05, 3.63) is 36.9 Å². The number of phenolic OH excluding ortho intramolecular Hbond substituents is 1. The highest BCUT2D eigenvalue weighted by atomic mass is 16.6. The Balaban J connectivity index is 2.16. The number of ether oxygens (including phenoxy) is 1. The second kappa shape index (κ2) is 4.17. The van der Waals surface area contributed by atoms with Crippen molar-refractivity contribution in [1.82, 2.24) is 5.32 Å². The fourth-order valence-electron chi connectivity index (χ4n) is 1.42. The van der Waals surface area contributed by atoms with Gasteiger partial charge in [0.05, 0.1) is 5.69 Å². The summed E-state index contributed by atoms with van der Waals surface area (Å²) < 4.78 is 4.87. The van der Waals surface area contributed by atoms with E-state index in [1.165, 1.54) is 17.0 Å². The summed E-state index contributed by atoms with van der Waals surface area (Å²) in [4.78, 5) is 23.5. The third-order valence-electron chi connectivity index (χ3n) is 2.20. The van der Waals surface area contributed by atoms with Gasteiger partial charge in [-0.25, -0.2) is 14.5 Å². The third-order valence-corrected chi connectivity index (χ3v) is 2.20. The SMILES string of the molecule is C=CC(=O)OC1NC(=O)N1c1cccc(O)c1. The molecule has 1 unspecified atom stereocenters. The van der Waals surface area contributed by atoms with Crippen molar-refractivity contribution >= 4 is 17.7 Å². The molecule has 2 N–H and O–H groups in total. The summed E-state index contributed by atoms with van der Waals surface area (Å²) in [5.41, 5.74) is 0.440. The number of esters is 1. The van der Waals surface area contributed by atoms with Gasteiger partial charge in [-0.2, -0.15) is 0 Å². The zero-order valence-corrected chi connectivity index (χ0v) is 8.79. The van der Waals surface area contributed by atoms with Crippen LogP contribution in [0.5, 0.6) is 5.75 Å². The van der Waals surface area contributed by atoms with Gasteiger partial charge in [-0.05, 0) is 12.1 Å². The number of hydrogen-bond donors (Lipinski definition) is 2. The van der Waals surface area contributed by atoms with E-state index in [4.69, 9.17) is 4.74 Å². The lowest BCUT2D eigenvalue weighted by atomic mass is 10.2. The van der Waals surface area contributed by atoms with Gasteiger partial charge in [0, 0.05) is 12.1 Å². The molecule has 2 rings (SSSR count). The van der Waals surface area contributed by atoms with Crippen LogP contribution in [-0.2, 0) is 9.53 Å². The first kappa shape index (κ1) is 11.0. The lowest BCUT2D eigenvalue weighted by Crippen LogP contribution is -2.67. The summed E-state index contributed by atoms with van der Waals surface area (Å²) in [7, 11) is 0. The van der Waals surface area contributed by atoms with E-state index >= 15 is 0 Å². The molecule has 0 aliphatic carbocycles. The van der Waals surface area contributed by atoms with Crippen molar-refractivity contribution in [2.75, 3.05) is 4.90 Å². The molecule has 0 spiro atoms. The van der Waals surface area contributed by atoms with E-state index in [2.05, 4.69) is 11.9 Å². The van der Waals surface area contributed by atoms with Crippen molar-refractivity contribution < 1.29 is 19.4 Å². The van der Waals surface area contributed by atoms with Crippen LogP contribution in [-0.4, -0.2) is 23.5 Å². The summed E-state index contributed by atoms with van der Waals surface area (Å²) in [6.45, 7) is 3.26. The van der Waals surface area contributed by atoms with Gasteiger partial charge in [0.25, 0.3) is 6.35 Å². The molecule has 1 atom stereocenters. The number of anilines is 1. The monoisotopic (exact) mass is 234 g/mol. The number of nitrogens with one attached hydrogen (secondary N) is 1. The van der Waals surface area contributed by atoms with Crippen LogP contribution in [0.2, 0.25) is 0 Å². The number of carbonyl (C=O) groups excluding carboxylic acids is 2. The molecule has 6 heteroatoms. The normalized spacial score (nSPS) is 18.0. The number of urea groups is 1. The predicted octanol–water partition coefficient (Wildman–Crippen LogP) is 0.935. The zero-order chi connectivity index (χ0) is 12.4. The van der Waals surface area contributed by atoms with Crippen molar-refractivity contribution in [2.24, 2.45) is 0 Å². The van der Waals surface area contributed by atoms with Gasteiger partial charge < -0.3 is 9.84 Å². The first-order valence-corrected chi connectivity index (χ1v) is 4.83. The van der Waals surface area contributed by atoms with Crippen molar-refractivity contribution in [1.29, 1.82) is 0 Å². The van der Waals surface area contributed by atoms with E-state index in [1.54, 1.807) is 12.1 Å². The van der Waals surface area contributed by atoms with Crippen LogP contribution in [0.4, 0.5) is 10.5 Å². The van der Waals surface area contributed by atoms with Gasteiger partial charge in [0.2, 0.25) is 0 Å². The van der Waals surface area contributed by atoms with Crippen molar-refractivity contribution in [2.45, 2.75) is 6.35 Å². The van der Waals surface area contributed by atoms with Crippen LogP contribution in [0.15, 0.2) is 36.9 Å². The molecule has 0 aromatic heterocycles. The van der Waals surface area contributed by atoms with Gasteiger partial charge >= 0.3 is 12.0 Å². The fourth-order valence-corrected chi connectivity index (χ4v) is 1.42. The van der Waals surface area contributed by atoms with Crippen LogP contribution in [0.25, 0.3) is 0 Å². The lowest BCUT2D eigenvalue weighted by molar-refractivity contribution is -0.145. The minimum absolute atomic E-state index is 0.0241. The van der Waals surface area contributed by atoms with E-state index in [0.29, 0.717) is 5.69 Å². The summed E-state index contributed by atoms with van der Waals surface area (Å²) in [5.74, 6) is -0.615. The molecular weight excluding hydrogens is 224 g/mol. The molecule has 88 valence electrons. The molecular formula is C11H10N2O4. The second-order valence-corrected chi connectivity index (χ2v) is 3.33. The Morgan fingerprint density at radius 2 is 2.35 bits per heavy atom. The highest BCUT2D eigenvalue weighted by Gasteiger charge is 2.39. The fraction of sp³-hybridized carbons (Fsp3) is 0.0909. The van der Waals surface area contributed by atoms with Crippen LogP contribution >= 0.6 is 0 Å². The van der Waals surface area contributed by atoms with Crippen LogP contribution in [0.1, 0.15) is 0 Å². The quantitative estimate of drug-likeness (QED) is 0.602. The average molecular weight is 234 g/mol. The van der Waals surface area contributed by atoms with Gasteiger partial charge in [0.1, 0.15) is 5.75 Å². The minimum atomic E-state index is -0.866. The van der Waals surface area contributed by atoms with E-state index in [0.717, 1.165) is 6.08 Å². The Hall–Kier alpha value is -2.50. The molecule has 1 aromatic carbocycles. The van der Waals surface area contributed by atoms with Crippen LogP contribution in [0, 0.1) is 0 Å². The largest absolute Gasteiger partial charge is 0.508 e. The zero-order valence-electron chi connectivity index (χ0n) is 8.79. The highest BCUT2D eigenvalue weighted by Crippen LogP contribution is 2.25. The number of carbonyl (C=O) groups is 2. The molecule has 0 bridgehead atoms. The smallest absolute Gasteiger partial charge is 0.333 e. The molecule has 17 heavy (non-hydrogen) atoms. The lowest BCUT2D eigenvalue weighted by Gasteiger charge is -2.39. The summed E-state index contributed by atoms with van der Waals surface area (Å²) in [6.07, 6.45) is 0.139. The van der Waals surface area contributed by atoms with Crippen LogP contribution < -0.4 is 10.2 Å². The molecule has 1 fully saturated rings. The first-order valence-electron chi connectivity index (χ1n) is 4.83. The third kappa shape index (κ3) is 2.05. The van der Waals surface area contributed by atoms with E-state index in [1.807, 2.05) is 0 Å². The molecule has 1 saturated heterocycles. The Morgan fingerprint density at radius 3 is 2.94 bits per heavy atom. The van der Waals surface area contributed by atoms with Gasteiger partial charge in [-0.15, -0.1) is 0 Å². The number of aromatic hydroxyl groups is 1. The van der Waals surface area contributed by atoms with Gasteiger partial charge in [-0.3, -0.25) is 5.32 Å². The first-order chi connectivity index (χ1) is 8.11. The Bertz CT molecular complexity index is 486. The summed E-state index contributed by atoms with van der Waals surface area (Å²) >= 11 is 0. The standard InChI is InChI=1S/C11H10N2O4/c1-2-9(15)17-11-12-10(16)13(11)7-4-3-5-8(14)6-7/h2-6,11,14H,1H2,(H,12,16). The topological polar surface area (TPSA) is 78.9 Å². The maximum Gasteiger partial charge on any atom is 0.333 e. The molecule has 1 aromatic rings. The molecule has 1 aliphatic rings. The number of benzene rings is 1. The predicted molar refractivity (Wildman–Crippen MR) is 59.2 cm³/mol. The number of amides is 2. The van der Waals surface area contributed by atoms with Gasteiger partial charge in [-0.1, -0.05) is 12.6 Å². The summed E-state index contributed by atoms with van der Waals surface area (Å²) in [5, 5.41) is 11.7. The second-order valence-electron chi connectivity index (χ2n) is 3.33.